The minimum Gasteiger partial charge on any atom is -0.481 e. The van der Waals surface area contributed by atoms with Crippen molar-refractivity contribution in [1.29, 1.82) is 0 Å². The number of hydrogen-bond donors (Lipinski definition) is 1. The van der Waals surface area contributed by atoms with E-state index in [4.69, 9.17) is 10.5 Å². The van der Waals surface area contributed by atoms with Gasteiger partial charge in [-0.2, -0.15) is 4.98 Å². The van der Waals surface area contributed by atoms with Gasteiger partial charge in [0.15, 0.2) is 5.82 Å². The summed E-state index contributed by atoms with van der Waals surface area (Å²) in [6.45, 7) is 6.63. The van der Waals surface area contributed by atoms with E-state index in [2.05, 4.69) is 23.7 Å². The summed E-state index contributed by atoms with van der Waals surface area (Å²) < 4.78 is 5.18. The van der Waals surface area contributed by atoms with E-state index in [9.17, 15) is 0 Å². The fraction of sp³-hybridized carbons (Fsp3) is 0.643. The molecule has 1 aromatic heterocycles. The Hall–Kier alpha value is -1.45. The molecule has 0 unspecified atom stereocenters. The van der Waals surface area contributed by atoms with Crippen LogP contribution in [0.5, 0.6) is 5.88 Å². The molecular weight excluding hydrogens is 226 g/mol. The van der Waals surface area contributed by atoms with Crippen LogP contribution in [0.4, 0.5) is 11.5 Å². The summed E-state index contributed by atoms with van der Waals surface area (Å²) in [5.74, 6) is 1.50. The van der Waals surface area contributed by atoms with Gasteiger partial charge in [0.1, 0.15) is 0 Å². The lowest BCUT2D eigenvalue weighted by Crippen LogP contribution is -2.27. The number of anilines is 2. The molecule has 0 amide bonds. The highest BCUT2D eigenvalue weighted by Gasteiger charge is 2.36. The van der Waals surface area contributed by atoms with Gasteiger partial charge in [-0.15, -0.1) is 0 Å². The second-order valence-corrected chi connectivity index (χ2v) is 5.15. The summed E-state index contributed by atoms with van der Waals surface area (Å²) in [6.07, 6.45) is 3.64. The third-order valence-electron chi connectivity index (χ3n) is 4.33. The van der Waals surface area contributed by atoms with Crippen molar-refractivity contribution in [3.05, 3.63) is 12.1 Å². The molecule has 18 heavy (non-hydrogen) atoms. The average molecular weight is 249 g/mol. The largest absolute Gasteiger partial charge is 0.481 e. The molecule has 1 fully saturated rings. The minimum atomic E-state index is 0.428. The summed E-state index contributed by atoms with van der Waals surface area (Å²) in [4.78, 5) is 6.78. The predicted octanol–water partition coefficient (Wildman–Crippen LogP) is 2.69. The van der Waals surface area contributed by atoms with Crippen LogP contribution < -0.4 is 15.4 Å². The zero-order valence-corrected chi connectivity index (χ0v) is 11.6. The van der Waals surface area contributed by atoms with Gasteiger partial charge < -0.3 is 15.4 Å². The number of methoxy groups -OCH3 is 1. The van der Waals surface area contributed by atoms with Crippen molar-refractivity contribution in [2.24, 2.45) is 5.41 Å². The van der Waals surface area contributed by atoms with E-state index in [0.29, 0.717) is 11.3 Å². The van der Waals surface area contributed by atoms with Gasteiger partial charge in [0.2, 0.25) is 5.88 Å². The first kappa shape index (κ1) is 13.0. The number of pyridine rings is 1. The van der Waals surface area contributed by atoms with Gasteiger partial charge in [0, 0.05) is 19.2 Å². The van der Waals surface area contributed by atoms with Crippen molar-refractivity contribution in [2.75, 3.05) is 30.8 Å². The Morgan fingerprint density at radius 3 is 2.67 bits per heavy atom. The topological polar surface area (TPSA) is 51.4 Å². The Morgan fingerprint density at radius 1 is 1.39 bits per heavy atom. The summed E-state index contributed by atoms with van der Waals surface area (Å²) in [5, 5.41) is 0. The lowest BCUT2D eigenvalue weighted by atomic mass is 9.82. The predicted molar refractivity (Wildman–Crippen MR) is 75.0 cm³/mol. The van der Waals surface area contributed by atoms with Crippen LogP contribution in [0.25, 0.3) is 0 Å². The van der Waals surface area contributed by atoms with Gasteiger partial charge in [-0.25, -0.2) is 0 Å². The molecule has 0 radical (unpaired) electrons. The van der Waals surface area contributed by atoms with Gasteiger partial charge in [-0.1, -0.05) is 13.8 Å². The highest BCUT2D eigenvalue weighted by molar-refractivity contribution is 5.64. The van der Waals surface area contributed by atoms with Gasteiger partial charge in [0.25, 0.3) is 0 Å². The van der Waals surface area contributed by atoms with Crippen molar-refractivity contribution in [2.45, 2.75) is 33.1 Å². The third-order valence-corrected chi connectivity index (χ3v) is 4.33. The molecule has 4 heteroatoms. The van der Waals surface area contributed by atoms with Crippen molar-refractivity contribution in [3.8, 4) is 5.88 Å². The molecule has 2 rings (SSSR count). The number of rotatable bonds is 4. The van der Waals surface area contributed by atoms with E-state index >= 15 is 0 Å². The van der Waals surface area contributed by atoms with Gasteiger partial charge in [-0.3, -0.25) is 0 Å². The van der Waals surface area contributed by atoms with Crippen molar-refractivity contribution < 1.29 is 4.74 Å². The molecule has 0 bridgehead atoms. The second-order valence-electron chi connectivity index (χ2n) is 5.15. The standard InChI is InChI=1S/C14H23N3O/c1-4-14(5-2)8-9-17(10-14)13-11(15)6-7-12(16-13)18-3/h6-7H,4-5,8-10,15H2,1-3H3. The molecule has 2 N–H and O–H groups in total. The Kier molecular flexibility index (Phi) is 3.64. The summed E-state index contributed by atoms with van der Waals surface area (Å²) in [7, 11) is 1.63. The van der Waals surface area contributed by atoms with Crippen molar-refractivity contribution in [1.82, 2.24) is 4.98 Å². The number of nitrogens with two attached hydrogens (primary N) is 1. The maximum Gasteiger partial charge on any atom is 0.215 e. The second kappa shape index (κ2) is 5.04. The van der Waals surface area contributed by atoms with Crippen LogP contribution in [0.1, 0.15) is 33.1 Å². The van der Waals surface area contributed by atoms with Gasteiger partial charge in [-0.05, 0) is 30.7 Å². The van der Waals surface area contributed by atoms with E-state index in [1.165, 1.54) is 19.3 Å². The van der Waals surface area contributed by atoms with Crippen LogP contribution in [0.15, 0.2) is 12.1 Å². The Morgan fingerprint density at radius 2 is 2.11 bits per heavy atom. The molecule has 2 heterocycles. The molecule has 0 atom stereocenters. The van der Waals surface area contributed by atoms with Crippen LogP contribution in [-0.4, -0.2) is 25.2 Å². The van der Waals surface area contributed by atoms with E-state index in [1.54, 1.807) is 7.11 Å². The highest BCUT2D eigenvalue weighted by Crippen LogP contribution is 2.40. The van der Waals surface area contributed by atoms with Crippen molar-refractivity contribution in [3.63, 3.8) is 0 Å². The monoisotopic (exact) mass is 249 g/mol. The van der Waals surface area contributed by atoms with Gasteiger partial charge >= 0.3 is 0 Å². The lowest BCUT2D eigenvalue weighted by Gasteiger charge is -2.27. The molecule has 0 aromatic carbocycles. The zero-order valence-electron chi connectivity index (χ0n) is 11.6. The minimum absolute atomic E-state index is 0.428. The molecular formula is C14H23N3O. The van der Waals surface area contributed by atoms with Gasteiger partial charge in [0.05, 0.1) is 12.8 Å². The summed E-state index contributed by atoms with van der Waals surface area (Å²) in [6, 6.07) is 3.68. The summed E-state index contributed by atoms with van der Waals surface area (Å²) in [5.41, 5.74) is 7.20. The van der Waals surface area contributed by atoms with Crippen molar-refractivity contribution >= 4 is 11.5 Å². The molecule has 1 aromatic rings. The van der Waals surface area contributed by atoms with Crippen LogP contribution >= 0.6 is 0 Å². The van der Waals surface area contributed by atoms with E-state index in [-0.39, 0.29) is 0 Å². The first-order valence-electron chi connectivity index (χ1n) is 6.69. The first-order valence-corrected chi connectivity index (χ1v) is 6.69. The molecule has 0 spiro atoms. The molecule has 1 aliphatic heterocycles. The van der Waals surface area contributed by atoms with E-state index in [1.807, 2.05) is 12.1 Å². The SMILES string of the molecule is CCC1(CC)CCN(c2nc(OC)ccc2N)C1. The number of ether oxygens (including phenoxy) is 1. The Labute approximate surface area is 109 Å². The van der Waals surface area contributed by atoms with E-state index in [0.717, 1.165) is 24.6 Å². The Bertz CT molecular complexity index is 416. The fourth-order valence-electron chi connectivity index (χ4n) is 2.75. The smallest absolute Gasteiger partial charge is 0.215 e. The molecule has 100 valence electrons. The number of aromatic nitrogens is 1. The molecule has 0 saturated carbocycles. The Balaban J connectivity index is 2.23. The van der Waals surface area contributed by atoms with Crippen LogP contribution in [-0.2, 0) is 0 Å². The molecule has 0 aliphatic carbocycles. The maximum absolute atomic E-state index is 6.04. The molecule has 1 aliphatic rings. The van der Waals surface area contributed by atoms with Crippen LogP contribution in [0.3, 0.4) is 0 Å². The number of nitrogen functional groups attached to an aromatic ring is 1. The highest BCUT2D eigenvalue weighted by atomic mass is 16.5. The first-order chi connectivity index (χ1) is 8.64. The molecule has 1 saturated heterocycles. The average Bonchev–Trinajstić information content (AvgIpc) is 2.84. The third kappa shape index (κ3) is 2.24. The summed E-state index contributed by atoms with van der Waals surface area (Å²) >= 11 is 0. The van der Waals surface area contributed by atoms with Crippen LogP contribution in [0, 0.1) is 5.41 Å². The lowest BCUT2D eigenvalue weighted by molar-refractivity contribution is 0.301. The van der Waals surface area contributed by atoms with E-state index < -0.39 is 0 Å². The molecule has 4 nitrogen and oxygen atoms in total. The maximum atomic E-state index is 6.04. The number of hydrogen-bond acceptors (Lipinski definition) is 4. The fourth-order valence-corrected chi connectivity index (χ4v) is 2.75. The van der Waals surface area contributed by atoms with Crippen LogP contribution in [0.2, 0.25) is 0 Å². The quantitative estimate of drug-likeness (QED) is 0.891. The zero-order chi connectivity index (χ0) is 13.2. The normalized spacial score (nSPS) is 18.1. The number of nitrogens with zero attached hydrogens (tertiary/aromatic N) is 2.